The van der Waals surface area contributed by atoms with Crippen molar-refractivity contribution in [2.24, 2.45) is 22.4 Å². The van der Waals surface area contributed by atoms with Gasteiger partial charge < -0.3 is 22.2 Å². The Labute approximate surface area is 155 Å². The van der Waals surface area contributed by atoms with Crippen molar-refractivity contribution in [3.63, 3.8) is 0 Å². The van der Waals surface area contributed by atoms with Gasteiger partial charge in [0, 0.05) is 28.9 Å². The second-order valence-corrected chi connectivity index (χ2v) is 7.87. The third kappa shape index (κ3) is 3.75. The maximum absolute atomic E-state index is 14.4. The van der Waals surface area contributed by atoms with Crippen LogP contribution in [0.1, 0.15) is 31.7 Å². The number of allylic oxidation sites excluding steroid dienone is 1. The van der Waals surface area contributed by atoms with Gasteiger partial charge in [-0.15, -0.1) is 0 Å². The zero-order valence-electron chi connectivity index (χ0n) is 14.5. The minimum Gasteiger partial charge on any atom is -0.401 e. The van der Waals surface area contributed by atoms with Crippen LogP contribution in [0.25, 0.3) is 0 Å². The van der Waals surface area contributed by atoms with Crippen LogP contribution in [-0.2, 0) is 10.3 Å². The third-order valence-corrected chi connectivity index (χ3v) is 5.51. The molecular formula is C18H22FN5OS. The molecule has 1 amide bonds. The van der Waals surface area contributed by atoms with Crippen LogP contribution in [0, 0.1) is 17.1 Å². The van der Waals surface area contributed by atoms with Gasteiger partial charge in [-0.2, -0.15) is 0 Å². The zero-order chi connectivity index (χ0) is 18.9. The number of carbonyl (C=O) groups is 1. The highest BCUT2D eigenvalue weighted by Gasteiger charge is 2.33. The monoisotopic (exact) mass is 375 g/mol. The number of thioether (sulfide) groups is 1. The normalized spacial score (nSPS) is 23.7. The van der Waals surface area contributed by atoms with Crippen LogP contribution < -0.4 is 16.8 Å². The molecule has 1 fully saturated rings. The van der Waals surface area contributed by atoms with Crippen LogP contribution in [0.3, 0.4) is 0 Å². The van der Waals surface area contributed by atoms with Gasteiger partial charge >= 0.3 is 0 Å². The Bertz CT molecular complexity index is 818. The lowest BCUT2D eigenvalue weighted by Gasteiger charge is -2.30. The Morgan fingerprint density at radius 2 is 2.23 bits per heavy atom. The van der Waals surface area contributed by atoms with Crippen LogP contribution in [0.2, 0.25) is 0 Å². The molecule has 0 radical (unpaired) electrons. The van der Waals surface area contributed by atoms with Crippen molar-refractivity contribution in [3.05, 3.63) is 40.8 Å². The number of amidine groups is 1. The minimum atomic E-state index is -0.770. The van der Waals surface area contributed by atoms with E-state index in [2.05, 4.69) is 10.3 Å². The average molecular weight is 375 g/mol. The highest BCUT2D eigenvalue weighted by Crippen LogP contribution is 2.38. The number of nitrogens with two attached hydrogens (primary N) is 2. The number of anilines is 1. The highest BCUT2D eigenvalue weighted by atomic mass is 32.2. The molecule has 1 heterocycles. The molecule has 0 spiro atoms. The Hall–Kier alpha value is -2.35. The van der Waals surface area contributed by atoms with E-state index in [9.17, 15) is 9.18 Å². The van der Waals surface area contributed by atoms with Crippen molar-refractivity contribution in [1.29, 1.82) is 5.41 Å². The number of rotatable bonds is 5. The molecule has 1 atom stereocenters. The van der Waals surface area contributed by atoms with Gasteiger partial charge in [0.25, 0.3) is 5.91 Å². The van der Waals surface area contributed by atoms with E-state index >= 15 is 0 Å². The topological polar surface area (TPSA) is 117 Å². The molecule has 8 heteroatoms. The quantitative estimate of drug-likeness (QED) is 0.467. The van der Waals surface area contributed by atoms with E-state index in [4.69, 9.17) is 16.9 Å². The smallest absolute Gasteiger partial charge is 0.258 e. The molecule has 1 aliphatic carbocycles. The van der Waals surface area contributed by atoms with Crippen LogP contribution in [0.15, 0.2) is 34.5 Å². The summed E-state index contributed by atoms with van der Waals surface area (Å²) in [6.45, 7) is 1.83. The molecule has 1 aromatic rings. The minimum absolute atomic E-state index is 0.154. The lowest BCUT2D eigenvalue weighted by atomic mass is 9.89. The number of benzene rings is 1. The van der Waals surface area contributed by atoms with E-state index in [1.807, 2.05) is 6.92 Å². The third-order valence-electron chi connectivity index (χ3n) is 4.72. The molecule has 0 unspecified atom stereocenters. The molecule has 0 bridgehead atoms. The van der Waals surface area contributed by atoms with Crippen LogP contribution >= 0.6 is 11.8 Å². The summed E-state index contributed by atoms with van der Waals surface area (Å²) in [5.74, 6) is 0.0705. The van der Waals surface area contributed by atoms with Crippen molar-refractivity contribution in [3.8, 4) is 0 Å². The second-order valence-electron chi connectivity index (χ2n) is 6.76. The Morgan fingerprint density at radius 3 is 2.85 bits per heavy atom. The Morgan fingerprint density at radius 1 is 1.50 bits per heavy atom. The SMILES string of the molecule is C[C@@]1(c2cc(NC(=O)/C(C=N)=C(/N)C3CC3)ccc2F)CCSC(N)=N1. The standard InChI is InChI=1S/C18H22FN5OS/c1-18(6-7-26-17(22)24-18)13-8-11(4-5-14(13)19)23-16(25)12(9-20)15(21)10-2-3-10/h4-5,8-10,20H,2-3,6-7,21H2,1H3,(H2,22,24)(H,23,25)/b15-12+,20-9?/t18-/m0/s1. The van der Waals surface area contributed by atoms with Crippen molar-refractivity contribution < 1.29 is 9.18 Å². The number of hydrogen-bond acceptors (Lipinski definition) is 6. The lowest BCUT2D eigenvalue weighted by molar-refractivity contribution is -0.112. The first-order valence-corrected chi connectivity index (χ1v) is 9.42. The van der Waals surface area contributed by atoms with Crippen molar-refractivity contribution >= 4 is 34.7 Å². The fourth-order valence-electron chi connectivity index (χ4n) is 2.99. The molecule has 3 rings (SSSR count). The Balaban J connectivity index is 1.88. The Kier molecular flexibility index (Phi) is 5.04. The zero-order valence-corrected chi connectivity index (χ0v) is 15.3. The van der Waals surface area contributed by atoms with E-state index in [0.717, 1.165) is 24.8 Å². The number of halogens is 1. The first-order valence-electron chi connectivity index (χ1n) is 8.43. The summed E-state index contributed by atoms with van der Waals surface area (Å²) in [5.41, 5.74) is 12.4. The molecule has 1 saturated carbocycles. The van der Waals surface area contributed by atoms with Gasteiger partial charge in [-0.3, -0.25) is 9.79 Å². The fourth-order valence-corrected chi connectivity index (χ4v) is 3.96. The van der Waals surface area contributed by atoms with E-state index in [-0.39, 0.29) is 11.5 Å². The van der Waals surface area contributed by atoms with Gasteiger partial charge in [-0.05, 0) is 50.3 Å². The summed E-state index contributed by atoms with van der Waals surface area (Å²) < 4.78 is 14.4. The number of hydrogen-bond donors (Lipinski definition) is 4. The summed E-state index contributed by atoms with van der Waals surface area (Å²) in [7, 11) is 0. The number of nitrogens with one attached hydrogen (secondary N) is 2. The average Bonchev–Trinajstić information content (AvgIpc) is 3.42. The first kappa shape index (κ1) is 18.4. The van der Waals surface area contributed by atoms with Gasteiger partial charge in [-0.25, -0.2) is 4.39 Å². The molecule has 138 valence electrons. The summed E-state index contributed by atoms with van der Waals surface area (Å²) in [6.07, 6.45) is 3.49. The highest BCUT2D eigenvalue weighted by molar-refractivity contribution is 8.13. The van der Waals surface area contributed by atoms with Crippen molar-refractivity contribution in [2.75, 3.05) is 11.1 Å². The predicted octanol–water partition coefficient (Wildman–Crippen LogP) is 2.70. The number of amides is 1. The molecule has 0 saturated heterocycles. The molecule has 2 aliphatic rings. The lowest BCUT2D eigenvalue weighted by Crippen LogP contribution is -2.30. The molecule has 6 N–H and O–H groups in total. The largest absolute Gasteiger partial charge is 0.401 e. The van der Waals surface area contributed by atoms with E-state index < -0.39 is 17.3 Å². The summed E-state index contributed by atoms with van der Waals surface area (Å²) in [4.78, 5) is 16.9. The van der Waals surface area contributed by atoms with Crippen LogP contribution in [0.4, 0.5) is 10.1 Å². The first-order chi connectivity index (χ1) is 12.3. The van der Waals surface area contributed by atoms with E-state index in [0.29, 0.717) is 28.5 Å². The molecule has 6 nitrogen and oxygen atoms in total. The maximum Gasteiger partial charge on any atom is 0.258 e. The number of carbonyl (C=O) groups excluding carboxylic acids is 1. The molecule has 1 aliphatic heterocycles. The van der Waals surface area contributed by atoms with Gasteiger partial charge in [0.1, 0.15) is 5.82 Å². The van der Waals surface area contributed by atoms with E-state index in [1.54, 1.807) is 6.07 Å². The predicted molar refractivity (Wildman–Crippen MR) is 104 cm³/mol. The van der Waals surface area contributed by atoms with Crippen molar-refractivity contribution in [1.82, 2.24) is 0 Å². The fraction of sp³-hybridized carbons (Fsp3) is 0.389. The van der Waals surface area contributed by atoms with Crippen molar-refractivity contribution in [2.45, 2.75) is 31.7 Å². The van der Waals surface area contributed by atoms with Crippen LogP contribution in [-0.4, -0.2) is 23.0 Å². The summed E-state index contributed by atoms with van der Waals surface area (Å²) in [5, 5.41) is 10.6. The molecule has 0 aromatic heterocycles. The van der Waals surface area contributed by atoms with Crippen LogP contribution in [0.5, 0.6) is 0 Å². The second kappa shape index (κ2) is 7.11. The number of aliphatic imine (C=N–C) groups is 1. The van der Waals surface area contributed by atoms with Gasteiger partial charge in [0.2, 0.25) is 0 Å². The number of nitrogens with zero attached hydrogens (tertiary/aromatic N) is 1. The summed E-state index contributed by atoms with van der Waals surface area (Å²) >= 11 is 1.45. The molecule has 26 heavy (non-hydrogen) atoms. The van der Waals surface area contributed by atoms with Gasteiger partial charge in [0.05, 0.1) is 11.1 Å². The van der Waals surface area contributed by atoms with Gasteiger partial charge in [-0.1, -0.05) is 11.8 Å². The van der Waals surface area contributed by atoms with E-state index in [1.165, 1.54) is 23.9 Å². The molecular weight excluding hydrogens is 353 g/mol. The summed E-state index contributed by atoms with van der Waals surface area (Å²) in [6, 6.07) is 4.37. The molecule has 1 aromatic carbocycles. The van der Waals surface area contributed by atoms with Gasteiger partial charge in [0.15, 0.2) is 5.17 Å². The maximum atomic E-state index is 14.4.